The Morgan fingerprint density at radius 2 is 1.84 bits per heavy atom. The second kappa shape index (κ2) is 5.40. The fourth-order valence-electron chi connectivity index (χ4n) is 1.53. The van der Waals surface area contributed by atoms with Gasteiger partial charge in [-0.3, -0.25) is 4.79 Å². The first-order valence-corrected chi connectivity index (χ1v) is 5.90. The van der Waals surface area contributed by atoms with E-state index in [1.165, 1.54) is 13.2 Å². The maximum atomic E-state index is 12.0. The molecule has 0 atom stereocenters. The number of ether oxygens (including phenoxy) is 1. The van der Waals surface area contributed by atoms with Crippen LogP contribution in [0.3, 0.4) is 0 Å². The van der Waals surface area contributed by atoms with E-state index in [1.54, 1.807) is 33.8 Å². The highest BCUT2D eigenvalue weighted by Crippen LogP contribution is 2.21. The van der Waals surface area contributed by atoms with Gasteiger partial charge in [-0.05, 0) is 51.0 Å². The number of carboxylic acid groups (broad SMARTS) is 1. The predicted octanol–water partition coefficient (Wildman–Crippen LogP) is 2.37. The first kappa shape index (κ1) is 15.2. The number of amides is 1. The molecular weight excluding hydrogens is 246 g/mol. The van der Waals surface area contributed by atoms with E-state index in [0.717, 1.165) is 5.56 Å². The van der Waals surface area contributed by atoms with Gasteiger partial charge in [0.25, 0.3) is 5.91 Å². The first-order valence-electron chi connectivity index (χ1n) is 5.90. The molecule has 0 unspecified atom stereocenters. The third kappa shape index (κ3) is 3.32. The molecule has 0 bridgehead atoms. The van der Waals surface area contributed by atoms with Gasteiger partial charge in [0.15, 0.2) is 0 Å². The zero-order valence-corrected chi connectivity index (χ0v) is 11.8. The quantitative estimate of drug-likeness (QED) is 0.876. The molecule has 5 heteroatoms. The second-order valence-corrected chi connectivity index (χ2v) is 4.94. The topological polar surface area (TPSA) is 75.6 Å². The number of carbonyl (C=O) groups excluding carboxylic acids is 1. The summed E-state index contributed by atoms with van der Waals surface area (Å²) in [6.45, 7) is 6.82. The lowest BCUT2D eigenvalue weighted by molar-refractivity contribution is -0.133. The van der Waals surface area contributed by atoms with Gasteiger partial charge in [0.2, 0.25) is 0 Å². The van der Waals surface area contributed by atoms with Gasteiger partial charge in [-0.15, -0.1) is 0 Å². The van der Waals surface area contributed by atoms with Gasteiger partial charge in [0.1, 0.15) is 5.60 Å². The van der Waals surface area contributed by atoms with Gasteiger partial charge in [-0.25, -0.2) is 4.79 Å². The number of hydrogen-bond donors (Lipinski definition) is 2. The van der Waals surface area contributed by atoms with Crippen LogP contribution in [0.4, 0.5) is 5.69 Å². The third-order valence-electron chi connectivity index (χ3n) is 3.21. The highest BCUT2D eigenvalue weighted by Gasteiger charge is 2.27. The number of aryl methyl sites for hydroxylation is 1. The molecule has 0 aliphatic rings. The van der Waals surface area contributed by atoms with Gasteiger partial charge in [-0.1, -0.05) is 0 Å². The highest BCUT2D eigenvalue weighted by molar-refractivity contribution is 5.98. The predicted molar refractivity (Wildman–Crippen MR) is 72.6 cm³/mol. The lowest BCUT2D eigenvalue weighted by Crippen LogP contribution is -2.38. The van der Waals surface area contributed by atoms with Crippen molar-refractivity contribution in [1.82, 2.24) is 0 Å². The van der Waals surface area contributed by atoms with Crippen molar-refractivity contribution in [2.24, 2.45) is 0 Å². The molecular formula is C14H19NO4. The molecule has 0 heterocycles. The zero-order valence-electron chi connectivity index (χ0n) is 11.8. The van der Waals surface area contributed by atoms with E-state index in [2.05, 4.69) is 5.32 Å². The average Bonchev–Trinajstić information content (AvgIpc) is 2.32. The smallest absolute Gasteiger partial charge is 0.336 e. The van der Waals surface area contributed by atoms with Crippen molar-refractivity contribution in [2.75, 3.05) is 12.4 Å². The highest BCUT2D eigenvalue weighted by atomic mass is 16.5. The van der Waals surface area contributed by atoms with Crippen molar-refractivity contribution in [3.8, 4) is 0 Å². The number of benzene rings is 1. The summed E-state index contributed by atoms with van der Waals surface area (Å²) in [5, 5.41) is 11.8. The molecule has 0 aliphatic heterocycles. The summed E-state index contributed by atoms with van der Waals surface area (Å²) in [6, 6.07) is 3.19. The van der Waals surface area contributed by atoms with Crippen LogP contribution in [0, 0.1) is 13.8 Å². The van der Waals surface area contributed by atoms with Crippen molar-refractivity contribution < 1.29 is 19.4 Å². The summed E-state index contributed by atoms with van der Waals surface area (Å²) in [7, 11) is 1.45. The summed E-state index contributed by atoms with van der Waals surface area (Å²) < 4.78 is 5.07. The molecule has 2 N–H and O–H groups in total. The van der Waals surface area contributed by atoms with E-state index in [-0.39, 0.29) is 11.5 Å². The van der Waals surface area contributed by atoms with Crippen molar-refractivity contribution in [3.63, 3.8) is 0 Å². The van der Waals surface area contributed by atoms with Crippen LogP contribution in [0.2, 0.25) is 0 Å². The lowest BCUT2D eigenvalue weighted by atomic mass is 10.0. The molecule has 0 fully saturated rings. The van der Waals surface area contributed by atoms with Gasteiger partial charge in [0, 0.05) is 12.8 Å². The Morgan fingerprint density at radius 3 is 2.32 bits per heavy atom. The van der Waals surface area contributed by atoms with Crippen molar-refractivity contribution >= 4 is 17.6 Å². The molecule has 0 aromatic heterocycles. The molecule has 1 rings (SSSR count). The molecule has 104 valence electrons. The second-order valence-electron chi connectivity index (χ2n) is 4.94. The molecule has 19 heavy (non-hydrogen) atoms. The summed E-state index contributed by atoms with van der Waals surface area (Å²) >= 11 is 0. The first-order chi connectivity index (χ1) is 8.69. The number of hydrogen-bond acceptors (Lipinski definition) is 3. The van der Waals surface area contributed by atoms with Crippen LogP contribution in [-0.2, 0) is 9.53 Å². The third-order valence-corrected chi connectivity index (χ3v) is 3.21. The number of carboxylic acids is 1. The minimum absolute atomic E-state index is 0.186. The van der Waals surface area contributed by atoms with E-state index in [0.29, 0.717) is 11.3 Å². The van der Waals surface area contributed by atoms with Gasteiger partial charge >= 0.3 is 5.97 Å². The zero-order chi connectivity index (χ0) is 14.8. The fraction of sp³-hybridized carbons (Fsp3) is 0.429. The Balaban J connectivity index is 3.10. The Labute approximate surface area is 112 Å². The van der Waals surface area contributed by atoms with E-state index in [1.807, 2.05) is 0 Å². The maximum absolute atomic E-state index is 12.0. The molecule has 1 amide bonds. The standard InChI is InChI=1S/C14H19NO4/c1-8-6-10(7-11(9(8)2)12(16)17)15-13(18)14(3,4)19-5/h6-7H,1-5H3,(H,15,18)(H,16,17). The van der Waals surface area contributed by atoms with Crippen molar-refractivity contribution in [3.05, 3.63) is 28.8 Å². The maximum Gasteiger partial charge on any atom is 0.336 e. The normalized spacial score (nSPS) is 11.2. The summed E-state index contributed by atoms with van der Waals surface area (Å²) in [5.41, 5.74) is 1.17. The van der Waals surface area contributed by atoms with Crippen LogP contribution in [0.25, 0.3) is 0 Å². The number of anilines is 1. The summed E-state index contributed by atoms with van der Waals surface area (Å²) in [5.74, 6) is -1.34. The lowest BCUT2D eigenvalue weighted by Gasteiger charge is -2.22. The van der Waals surface area contributed by atoms with Gasteiger partial charge < -0.3 is 15.2 Å². The molecule has 5 nitrogen and oxygen atoms in total. The Morgan fingerprint density at radius 1 is 1.26 bits per heavy atom. The van der Waals surface area contributed by atoms with E-state index in [4.69, 9.17) is 9.84 Å². The molecule has 0 saturated carbocycles. The summed E-state index contributed by atoms with van der Waals surface area (Å²) in [4.78, 5) is 23.1. The van der Waals surface area contributed by atoms with E-state index < -0.39 is 11.6 Å². The summed E-state index contributed by atoms with van der Waals surface area (Å²) in [6.07, 6.45) is 0. The molecule has 0 saturated heterocycles. The van der Waals surface area contributed by atoms with Gasteiger partial charge in [0.05, 0.1) is 5.56 Å². The molecule has 0 aliphatic carbocycles. The van der Waals surface area contributed by atoms with Crippen LogP contribution < -0.4 is 5.32 Å². The minimum Gasteiger partial charge on any atom is -0.478 e. The van der Waals surface area contributed by atoms with E-state index >= 15 is 0 Å². The Hall–Kier alpha value is -1.88. The molecule has 1 aromatic carbocycles. The number of rotatable bonds is 4. The number of nitrogens with one attached hydrogen (secondary N) is 1. The van der Waals surface area contributed by atoms with Crippen LogP contribution >= 0.6 is 0 Å². The average molecular weight is 265 g/mol. The largest absolute Gasteiger partial charge is 0.478 e. The monoisotopic (exact) mass is 265 g/mol. The van der Waals surface area contributed by atoms with Crippen LogP contribution in [0.1, 0.15) is 35.3 Å². The number of methoxy groups -OCH3 is 1. The van der Waals surface area contributed by atoms with Crippen LogP contribution in [0.5, 0.6) is 0 Å². The van der Waals surface area contributed by atoms with Crippen molar-refractivity contribution in [1.29, 1.82) is 0 Å². The molecule has 1 aromatic rings. The van der Waals surface area contributed by atoms with Crippen LogP contribution in [0.15, 0.2) is 12.1 Å². The Bertz CT molecular complexity index is 520. The van der Waals surface area contributed by atoms with Gasteiger partial charge in [-0.2, -0.15) is 0 Å². The molecule has 0 radical (unpaired) electrons. The minimum atomic E-state index is -1.01. The Kier molecular flexibility index (Phi) is 4.32. The fourth-order valence-corrected chi connectivity index (χ4v) is 1.53. The van der Waals surface area contributed by atoms with Crippen LogP contribution in [-0.4, -0.2) is 29.7 Å². The SMILES string of the molecule is COC(C)(C)C(=O)Nc1cc(C)c(C)c(C(=O)O)c1. The number of aromatic carboxylic acids is 1. The van der Waals surface area contributed by atoms with Crippen molar-refractivity contribution in [2.45, 2.75) is 33.3 Å². The molecule has 0 spiro atoms. The van der Waals surface area contributed by atoms with E-state index in [9.17, 15) is 9.59 Å². The number of carbonyl (C=O) groups is 2.